The SMILES string of the molecule is CC(C)(C)c1cc(Br)cc(-n2cnc(-c3ccccc3)c2)c1.CC(C)(C)c1cc(Br)cc(Br)c1.[C+]1=NC(c2ccccc2)=CN1. The van der Waals surface area contributed by atoms with E-state index in [1.54, 1.807) is 0 Å². The molecule has 0 bridgehead atoms. The highest BCUT2D eigenvalue weighted by molar-refractivity contribution is 9.11. The summed E-state index contributed by atoms with van der Waals surface area (Å²) in [6.07, 6.45) is 8.43. The fourth-order valence-corrected chi connectivity index (χ4v) is 6.12. The van der Waals surface area contributed by atoms with E-state index < -0.39 is 0 Å². The van der Waals surface area contributed by atoms with Crippen LogP contribution in [0.25, 0.3) is 22.6 Å². The van der Waals surface area contributed by atoms with Crippen molar-refractivity contribution in [2.75, 3.05) is 0 Å². The number of imidazole rings is 1. The van der Waals surface area contributed by atoms with E-state index in [1.807, 2.05) is 61.1 Å². The number of nitrogens with zero attached hydrogens (tertiary/aromatic N) is 3. The molecular formula is C38H38Br3N4+. The van der Waals surface area contributed by atoms with Crippen molar-refractivity contribution in [1.82, 2.24) is 14.9 Å². The number of halogens is 3. The molecule has 0 saturated heterocycles. The van der Waals surface area contributed by atoms with Crippen LogP contribution in [0.15, 0.2) is 134 Å². The number of aromatic nitrogens is 2. The third-order valence-electron chi connectivity index (χ3n) is 6.95. The van der Waals surface area contributed by atoms with Gasteiger partial charge >= 0.3 is 0 Å². The van der Waals surface area contributed by atoms with Crippen molar-refractivity contribution < 1.29 is 0 Å². The quantitative estimate of drug-likeness (QED) is 0.185. The third-order valence-corrected chi connectivity index (χ3v) is 8.32. The van der Waals surface area contributed by atoms with Gasteiger partial charge in [-0.15, -0.1) is 0 Å². The Balaban J connectivity index is 0.000000169. The Labute approximate surface area is 293 Å². The first kappa shape index (κ1) is 34.5. The topological polar surface area (TPSA) is 42.2 Å². The van der Waals surface area contributed by atoms with Crippen molar-refractivity contribution in [2.45, 2.75) is 52.4 Å². The molecule has 7 heteroatoms. The van der Waals surface area contributed by atoms with Crippen LogP contribution in [-0.2, 0) is 10.8 Å². The van der Waals surface area contributed by atoms with E-state index in [4.69, 9.17) is 0 Å². The van der Waals surface area contributed by atoms with E-state index in [2.05, 4.69) is 170 Å². The largest absolute Gasteiger partial charge is 0.306 e. The van der Waals surface area contributed by atoms with E-state index in [9.17, 15) is 0 Å². The molecule has 4 nitrogen and oxygen atoms in total. The minimum atomic E-state index is 0.112. The van der Waals surface area contributed by atoms with Crippen LogP contribution in [0.5, 0.6) is 0 Å². The number of hydrogen-bond acceptors (Lipinski definition) is 3. The maximum atomic E-state index is 4.53. The van der Waals surface area contributed by atoms with E-state index in [1.165, 1.54) is 11.1 Å². The molecule has 0 spiro atoms. The second kappa shape index (κ2) is 15.3. The Morgan fingerprint density at radius 2 is 1.16 bits per heavy atom. The molecule has 0 radical (unpaired) electrons. The van der Waals surface area contributed by atoms with Gasteiger partial charge in [0.15, 0.2) is 6.20 Å². The first-order valence-corrected chi connectivity index (χ1v) is 17.0. The summed E-state index contributed by atoms with van der Waals surface area (Å²) in [5.41, 5.74) is 8.25. The molecule has 230 valence electrons. The Morgan fingerprint density at radius 1 is 0.644 bits per heavy atom. The van der Waals surface area contributed by atoms with Gasteiger partial charge in [0.2, 0.25) is 5.70 Å². The van der Waals surface area contributed by atoms with Crippen molar-refractivity contribution in [3.8, 4) is 16.9 Å². The van der Waals surface area contributed by atoms with Crippen molar-refractivity contribution in [2.24, 2.45) is 4.99 Å². The van der Waals surface area contributed by atoms with Crippen LogP contribution in [0.4, 0.5) is 0 Å². The van der Waals surface area contributed by atoms with Crippen LogP contribution in [0.3, 0.4) is 0 Å². The lowest BCUT2D eigenvalue weighted by Gasteiger charge is -2.20. The summed E-state index contributed by atoms with van der Waals surface area (Å²) in [4.78, 5) is 8.54. The van der Waals surface area contributed by atoms with E-state index in [0.29, 0.717) is 0 Å². The van der Waals surface area contributed by atoms with Gasteiger partial charge in [-0.3, -0.25) is 0 Å². The lowest BCUT2D eigenvalue weighted by molar-refractivity contribution is 0.589. The highest BCUT2D eigenvalue weighted by Gasteiger charge is 2.16. The summed E-state index contributed by atoms with van der Waals surface area (Å²) in [6, 6.07) is 33.1. The normalized spacial score (nSPS) is 12.2. The number of benzene rings is 4. The molecular weight excluding hydrogens is 752 g/mol. The molecule has 0 atom stereocenters. The average Bonchev–Trinajstić information content (AvgIpc) is 3.71. The third kappa shape index (κ3) is 10.3. The second-order valence-electron chi connectivity index (χ2n) is 12.7. The first-order valence-electron chi connectivity index (χ1n) is 14.6. The second-order valence-corrected chi connectivity index (χ2v) is 15.4. The van der Waals surface area contributed by atoms with Crippen molar-refractivity contribution in [1.29, 1.82) is 0 Å². The summed E-state index contributed by atoms with van der Waals surface area (Å²) in [5, 5.41) is 2.79. The average molecular weight is 790 g/mol. The van der Waals surface area contributed by atoms with E-state index >= 15 is 0 Å². The lowest BCUT2D eigenvalue weighted by atomic mass is 9.87. The lowest BCUT2D eigenvalue weighted by Crippen LogP contribution is -2.11. The highest BCUT2D eigenvalue weighted by Crippen LogP contribution is 2.30. The molecule has 2 heterocycles. The summed E-state index contributed by atoms with van der Waals surface area (Å²) in [6.45, 7) is 13.3. The predicted molar refractivity (Wildman–Crippen MR) is 201 cm³/mol. The minimum absolute atomic E-state index is 0.112. The van der Waals surface area contributed by atoms with Crippen LogP contribution in [0, 0.1) is 0 Å². The van der Waals surface area contributed by atoms with Crippen LogP contribution >= 0.6 is 47.8 Å². The fraction of sp³-hybridized carbons (Fsp3) is 0.211. The van der Waals surface area contributed by atoms with Crippen LogP contribution in [0.1, 0.15) is 58.2 Å². The Bertz CT molecular complexity index is 1740. The van der Waals surface area contributed by atoms with Gasteiger partial charge in [0.05, 0.1) is 17.6 Å². The molecule has 1 N–H and O–H groups in total. The van der Waals surface area contributed by atoms with Gasteiger partial charge in [-0.25, -0.2) is 4.98 Å². The molecule has 0 amide bonds. The molecule has 1 aliphatic rings. The maximum Gasteiger partial charge on any atom is 0.253 e. The molecule has 1 aliphatic heterocycles. The van der Waals surface area contributed by atoms with Gasteiger partial charge in [-0.2, -0.15) is 5.32 Å². The summed E-state index contributed by atoms with van der Waals surface area (Å²) >= 11 is 10.6. The molecule has 0 aliphatic carbocycles. The Hall–Kier alpha value is -3.35. The van der Waals surface area contributed by atoms with Crippen molar-refractivity contribution in [3.63, 3.8) is 0 Å². The van der Waals surface area contributed by atoms with E-state index in [-0.39, 0.29) is 10.8 Å². The smallest absolute Gasteiger partial charge is 0.253 e. The highest BCUT2D eigenvalue weighted by atomic mass is 79.9. The number of nitrogens with one attached hydrogen (secondary N) is 1. The minimum Gasteiger partial charge on any atom is -0.306 e. The van der Waals surface area contributed by atoms with E-state index in [0.717, 1.165) is 41.6 Å². The van der Waals surface area contributed by atoms with Gasteiger partial charge in [-0.05, 0) is 75.5 Å². The van der Waals surface area contributed by atoms with Crippen molar-refractivity contribution >= 4 is 59.8 Å². The fourth-order valence-electron chi connectivity index (χ4n) is 4.35. The van der Waals surface area contributed by atoms with Crippen molar-refractivity contribution in [3.05, 3.63) is 146 Å². The zero-order valence-electron chi connectivity index (χ0n) is 26.4. The predicted octanol–water partition coefficient (Wildman–Crippen LogP) is 11.6. The van der Waals surface area contributed by atoms with Gasteiger partial charge in [0.25, 0.3) is 6.34 Å². The molecule has 0 fully saturated rings. The summed E-state index contributed by atoms with van der Waals surface area (Å²) in [7, 11) is 0. The van der Waals surface area contributed by atoms with Crippen LogP contribution in [-0.4, -0.2) is 15.9 Å². The molecule has 1 aromatic heterocycles. The Morgan fingerprint density at radius 3 is 1.67 bits per heavy atom. The molecule has 0 unspecified atom stereocenters. The van der Waals surface area contributed by atoms with Crippen LogP contribution in [0.2, 0.25) is 0 Å². The number of aliphatic imine (C=N–C) groups is 1. The summed E-state index contributed by atoms with van der Waals surface area (Å²) < 4.78 is 5.41. The molecule has 0 saturated carbocycles. The standard InChI is InChI=1S/C19H19BrN2.C10H12Br2.C9H7N2/c1-19(2,3)15-9-16(20)11-17(10-15)22-12-18(21-13-22)14-7-5-4-6-8-14;1-10(2,3)7-4-8(11)6-9(12)5-7;1-2-4-8(5-3-1)9-6-10-7-11-9/h4-13H,1-3H3;4-6H,1-3H3;1-6H,(H,10,11)/q;;+1. The number of rotatable bonds is 3. The molecule has 6 rings (SSSR count). The van der Waals surface area contributed by atoms with Gasteiger partial charge in [0.1, 0.15) is 0 Å². The molecule has 5 aromatic rings. The molecule has 45 heavy (non-hydrogen) atoms. The summed E-state index contributed by atoms with van der Waals surface area (Å²) in [5.74, 6) is 0. The first-order chi connectivity index (χ1) is 21.3. The maximum absolute atomic E-state index is 4.53. The monoisotopic (exact) mass is 787 g/mol. The van der Waals surface area contributed by atoms with Gasteiger partial charge in [-0.1, -0.05) is 138 Å². The zero-order chi connectivity index (χ0) is 32.6. The zero-order valence-corrected chi connectivity index (χ0v) is 31.2. The number of hydrogen-bond donors (Lipinski definition) is 1. The Kier molecular flexibility index (Phi) is 11.7. The van der Waals surface area contributed by atoms with Crippen LogP contribution < -0.4 is 5.32 Å². The van der Waals surface area contributed by atoms with Gasteiger partial charge < -0.3 is 4.57 Å². The van der Waals surface area contributed by atoms with Gasteiger partial charge in [0, 0.05) is 30.9 Å². The molecule has 4 aromatic carbocycles.